The number of hydrogen-bond acceptors (Lipinski definition) is 3. The van der Waals surface area contributed by atoms with E-state index in [0.717, 1.165) is 12.8 Å². The summed E-state index contributed by atoms with van der Waals surface area (Å²) in [6, 6.07) is 0. The van der Waals surface area contributed by atoms with Crippen molar-refractivity contribution >= 4 is 0 Å². The molecule has 3 nitrogen and oxygen atoms in total. The predicted molar refractivity (Wildman–Crippen MR) is 21.4 cm³/mol. The fraction of sp³-hybridized carbons (Fsp3) is 1.00. The molecule has 4 N–H and O–H groups in total. The van der Waals surface area contributed by atoms with Crippen LogP contribution in [0.2, 0.25) is 0 Å². The van der Waals surface area contributed by atoms with Crippen LogP contribution in [0.15, 0.2) is 0 Å². The van der Waals surface area contributed by atoms with E-state index in [9.17, 15) is 0 Å². The van der Waals surface area contributed by atoms with E-state index in [1.54, 1.807) is 0 Å². The highest BCUT2D eigenvalue weighted by Gasteiger charge is 2.39. The summed E-state index contributed by atoms with van der Waals surface area (Å²) >= 11 is 0. The van der Waals surface area contributed by atoms with Gasteiger partial charge in [0.15, 0.2) is 0 Å². The highest BCUT2D eigenvalue weighted by atomic mass is 16.6. The van der Waals surface area contributed by atoms with Gasteiger partial charge in [0.2, 0.25) is 0 Å². The predicted octanol–water partition coefficient (Wildman–Crippen LogP) is -0.675. The van der Waals surface area contributed by atoms with E-state index < -0.39 is 5.72 Å². The second-order valence-electron chi connectivity index (χ2n) is 1.68. The molecule has 0 aromatic heterocycles. The van der Waals surface area contributed by atoms with E-state index in [4.69, 9.17) is 11.6 Å². The van der Waals surface area contributed by atoms with Gasteiger partial charge in [0, 0.05) is 0 Å². The summed E-state index contributed by atoms with van der Waals surface area (Å²) in [6.07, 6.45) is 1.81. The van der Waals surface area contributed by atoms with E-state index >= 15 is 0 Å². The van der Waals surface area contributed by atoms with Crippen LogP contribution in [0, 0.1) is 0 Å². The first kappa shape index (κ1) is 4.05. The Morgan fingerprint density at radius 3 is 2.00 bits per heavy atom. The van der Waals surface area contributed by atoms with Crippen LogP contribution < -0.4 is 11.6 Å². The quantitative estimate of drug-likeness (QED) is 0.330. The molecule has 3 heteroatoms. The van der Waals surface area contributed by atoms with E-state index in [1.807, 2.05) is 0 Å². The third kappa shape index (κ3) is 0.518. The lowest BCUT2D eigenvalue weighted by Gasteiger charge is -1.99. The summed E-state index contributed by atoms with van der Waals surface area (Å²) < 4.78 is 0. The zero-order valence-electron chi connectivity index (χ0n) is 3.48. The molecule has 1 rings (SSSR count). The molecular weight excluding hydrogens is 80.0 g/mol. The van der Waals surface area contributed by atoms with E-state index in [2.05, 4.69) is 4.84 Å². The van der Waals surface area contributed by atoms with Crippen molar-refractivity contribution in [3.05, 3.63) is 0 Å². The molecular formula is C3H8N2O. The molecule has 0 aromatic carbocycles. The highest BCUT2D eigenvalue weighted by Crippen LogP contribution is 2.30. The maximum Gasteiger partial charge on any atom is 0.137 e. The molecule has 0 atom stereocenters. The van der Waals surface area contributed by atoms with Gasteiger partial charge in [0.25, 0.3) is 0 Å². The third-order valence-corrected chi connectivity index (χ3v) is 0.978. The minimum Gasteiger partial charge on any atom is -0.302 e. The van der Waals surface area contributed by atoms with Crippen molar-refractivity contribution in [1.29, 1.82) is 0 Å². The monoisotopic (exact) mass is 88.1 g/mol. The Labute approximate surface area is 36.2 Å². The van der Waals surface area contributed by atoms with Gasteiger partial charge in [-0.3, -0.25) is 4.84 Å². The van der Waals surface area contributed by atoms with Gasteiger partial charge < -0.3 is 5.73 Å². The van der Waals surface area contributed by atoms with Gasteiger partial charge in [-0.2, -0.15) is 0 Å². The Kier molecular flexibility index (Phi) is 0.629. The van der Waals surface area contributed by atoms with Gasteiger partial charge in [-0.25, -0.2) is 5.90 Å². The summed E-state index contributed by atoms with van der Waals surface area (Å²) in [7, 11) is 0. The van der Waals surface area contributed by atoms with Crippen LogP contribution >= 0.6 is 0 Å². The molecule has 0 aliphatic heterocycles. The van der Waals surface area contributed by atoms with E-state index in [-0.39, 0.29) is 0 Å². The van der Waals surface area contributed by atoms with Gasteiger partial charge in [0.1, 0.15) is 5.72 Å². The molecule has 6 heavy (non-hydrogen) atoms. The zero-order chi connectivity index (χ0) is 4.62. The Morgan fingerprint density at radius 2 is 2.00 bits per heavy atom. The van der Waals surface area contributed by atoms with Crippen molar-refractivity contribution in [2.24, 2.45) is 11.6 Å². The standard InChI is InChI=1S/C3H8N2O/c4-3(6-5)1-2-3/h1-2,4-5H2. The number of nitrogens with two attached hydrogens (primary N) is 2. The molecule has 1 saturated carbocycles. The molecule has 0 radical (unpaired) electrons. The van der Waals surface area contributed by atoms with Crippen LogP contribution in [-0.2, 0) is 4.84 Å². The van der Waals surface area contributed by atoms with Crippen LogP contribution in [0.3, 0.4) is 0 Å². The second kappa shape index (κ2) is 0.932. The average Bonchev–Trinajstić information content (AvgIpc) is 2.22. The number of rotatable bonds is 1. The molecule has 1 fully saturated rings. The fourth-order valence-electron chi connectivity index (χ4n) is 0.241. The Morgan fingerprint density at radius 1 is 1.50 bits per heavy atom. The lowest BCUT2D eigenvalue weighted by atomic mass is 10.7. The molecule has 1 aliphatic rings. The van der Waals surface area contributed by atoms with Crippen LogP contribution in [0.25, 0.3) is 0 Å². The summed E-state index contributed by atoms with van der Waals surface area (Å²) in [6.45, 7) is 0. The number of hydrogen-bond donors (Lipinski definition) is 2. The highest BCUT2D eigenvalue weighted by molar-refractivity contribution is 4.87. The molecule has 0 unspecified atom stereocenters. The van der Waals surface area contributed by atoms with Crippen molar-refractivity contribution < 1.29 is 4.84 Å². The van der Waals surface area contributed by atoms with Gasteiger partial charge in [0.05, 0.1) is 0 Å². The first-order chi connectivity index (χ1) is 2.77. The summed E-state index contributed by atoms with van der Waals surface area (Å²) in [5.74, 6) is 4.74. The Balaban J connectivity index is 2.28. The normalized spacial score (nSPS) is 27.0. The zero-order valence-corrected chi connectivity index (χ0v) is 3.48. The molecule has 0 bridgehead atoms. The minimum atomic E-state index is -0.431. The smallest absolute Gasteiger partial charge is 0.137 e. The minimum absolute atomic E-state index is 0.431. The summed E-state index contributed by atoms with van der Waals surface area (Å²) in [5, 5.41) is 0. The first-order valence-corrected chi connectivity index (χ1v) is 1.94. The molecule has 0 aromatic rings. The topological polar surface area (TPSA) is 61.3 Å². The third-order valence-electron chi connectivity index (χ3n) is 0.978. The van der Waals surface area contributed by atoms with Crippen molar-refractivity contribution in [2.45, 2.75) is 18.6 Å². The van der Waals surface area contributed by atoms with E-state index in [1.165, 1.54) is 0 Å². The van der Waals surface area contributed by atoms with Crippen molar-refractivity contribution in [3.63, 3.8) is 0 Å². The molecule has 1 aliphatic carbocycles. The second-order valence-corrected chi connectivity index (χ2v) is 1.68. The molecule has 0 saturated heterocycles. The summed E-state index contributed by atoms with van der Waals surface area (Å²) in [4.78, 5) is 4.33. The SMILES string of the molecule is NOC1(N)CC1. The van der Waals surface area contributed by atoms with Crippen molar-refractivity contribution in [3.8, 4) is 0 Å². The van der Waals surface area contributed by atoms with Crippen LogP contribution in [0.1, 0.15) is 12.8 Å². The molecule has 0 spiro atoms. The first-order valence-electron chi connectivity index (χ1n) is 1.94. The van der Waals surface area contributed by atoms with Gasteiger partial charge in [-0.15, -0.1) is 0 Å². The maximum absolute atomic E-state index is 5.30. The lowest BCUT2D eigenvalue weighted by Crippen LogP contribution is -2.28. The Bertz CT molecular complexity index is 59.8. The largest absolute Gasteiger partial charge is 0.302 e. The average molecular weight is 88.1 g/mol. The van der Waals surface area contributed by atoms with Crippen molar-refractivity contribution in [1.82, 2.24) is 0 Å². The van der Waals surface area contributed by atoms with Gasteiger partial charge >= 0.3 is 0 Å². The lowest BCUT2D eigenvalue weighted by molar-refractivity contribution is 0.0372. The molecule has 36 valence electrons. The van der Waals surface area contributed by atoms with Crippen LogP contribution in [0.4, 0.5) is 0 Å². The Hall–Kier alpha value is -0.120. The molecule has 0 amide bonds. The fourth-order valence-corrected chi connectivity index (χ4v) is 0.241. The van der Waals surface area contributed by atoms with E-state index in [0.29, 0.717) is 0 Å². The maximum atomic E-state index is 5.30. The molecule has 0 heterocycles. The van der Waals surface area contributed by atoms with Crippen molar-refractivity contribution in [2.75, 3.05) is 0 Å². The van der Waals surface area contributed by atoms with Gasteiger partial charge in [-0.05, 0) is 12.8 Å². The summed E-state index contributed by atoms with van der Waals surface area (Å²) in [5.41, 5.74) is 4.87. The van der Waals surface area contributed by atoms with Crippen LogP contribution in [0.5, 0.6) is 0 Å². The van der Waals surface area contributed by atoms with Gasteiger partial charge in [-0.1, -0.05) is 0 Å². The van der Waals surface area contributed by atoms with Crippen LogP contribution in [-0.4, -0.2) is 5.72 Å².